The SMILES string of the molecule is C[C@@H]1CNC[C@H]1C(=O)N1CCN(Cc2cccnc2)CC1. The number of carbonyl (C=O) groups excluding carboxylic acids is 1. The van der Waals surface area contributed by atoms with Gasteiger partial charge in [-0.3, -0.25) is 14.7 Å². The zero-order valence-corrected chi connectivity index (χ0v) is 12.7. The number of pyridine rings is 1. The van der Waals surface area contributed by atoms with Gasteiger partial charge in [0.2, 0.25) is 5.91 Å². The largest absolute Gasteiger partial charge is 0.340 e. The molecule has 0 radical (unpaired) electrons. The fourth-order valence-electron chi connectivity index (χ4n) is 3.25. The van der Waals surface area contributed by atoms with E-state index in [4.69, 9.17) is 0 Å². The molecule has 2 aliphatic heterocycles. The Morgan fingerprint density at radius 2 is 2.14 bits per heavy atom. The van der Waals surface area contributed by atoms with E-state index in [2.05, 4.69) is 28.2 Å². The van der Waals surface area contributed by atoms with E-state index in [1.165, 1.54) is 5.56 Å². The number of piperazine rings is 1. The number of rotatable bonds is 3. The highest BCUT2D eigenvalue weighted by Gasteiger charge is 2.33. The second-order valence-electron chi connectivity index (χ2n) is 6.20. The smallest absolute Gasteiger partial charge is 0.227 e. The average Bonchev–Trinajstić information content (AvgIpc) is 2.94. The van der Waals surface area contributed by atoms with E-state index in [1.807, 2.05) is 17.2 Å². The van der Waals surface area contributed by atoms with Crippen LogP contribution in [0.15, 0.2) is 24.5 Å². The van der Waals surface area contributed by atoms with E-state index in [-0.39, 0.29) is 5.92 Å². The fraction of sp³-hybridized carbons (Fsp3) is 0.625. The highest BCUT2D eigenvalue weighted by molar-refractivity contribution is 5.79. The van der Waals surface area contributed by atoms with Gasteiger partial charge in [-0.05, 0) is 24.1 Å². The third-order valence-corrected chi connectivity index (χ3v) is 4.65. The topological polar surface area (TPSA) is 48.5 Å². The first kappa shape index (κ1) is 14.5. The lowest BCUT2D eigenvalue weighted by Gasteiger charge is -2.36. The molecule has 5 nitrogen and oxygen atoms in total. The monoisotopic (exact) mass is 288 g/mol. The Kier molecular flexibility index (Phi) is 4.51. The number of nitrogens with zero attached hydrogens (tertiary/aromatic N) is 3. The van der Waals surface area contributed by atoms with Gasteiger partial charge in [-0.1, -0.05) is 13.0 Å². The number of hydrogen-bond acceptors (Lipinski definition) is 4. The van der Waals surface area contributed by atoms with E-state index >= 15 is 0 Å². The van der Waals surface area contributed by atoms with Gasteiger partial charge in [-0.25, -0.2) is 0 Å². The van der Waals surface area contributed by atoms with Crippen molar-refractivity contribution in [1.29, 1.82) is 0 Å². The summed E-state index contributed by atoms with van der Waals surface area (Å²) in [5.41, 5.74) is 1.24. The Bertz CT molecular complexity index is 470. The van der Waals surface area contributed by atoms with Crippen LogP contribution >= 0.6 is 0 Å². The summed E-state index contributed by atoms with van der Waals surface area (Å²) in [6.45, 7) is 8.51. The van der Waals surface area contributed by atoms with Crippen LogP contribution in [0.4, 0.5) is 0 Å². The van der Waals surface area contributed by atoms with Gasteiger partial charge in [0.25, 0.3) is 0 Å². The summed E-state index contributed by atoms with van der Waals surface area (Å²) in [7, 11) is 0. The third-order valence-electron chi connectivity index (χ3n) is 4.65. The van der Waals surface area contributed by atoms with E-state index < -0.39 is 0 Å². The van der Waals surface area contributed by atoms with Crippen molar-refractivity contribution in [1.82, 2.24) is 20.1 Å². The highest BCUT2D eigenvalue weighted by Crippen LogP contribution is 2.19. The first-order valence-electron chi connectivity index (χ1n) is 7.85. The molecule has 1 aromatic rings. The number of amides is 1. The first-order valence-corrected chi connectivity index (χ1v) is 7.85. The molecule has 1 N–H and O–H groups in total. The van der Waals surface area contributed by atoms with Crippen molar-refractivity contribution < 1.29 is 4.79 Å². The molecule has 2 saturated heterocycles. The molecule has 21 heavy (non-hydrogen) atoms. The van der Waals surface area contributed by atoms with Crippen LogP contribution in [0.25, 0.3) is 0 Å². The number of carbonyl (C=O) groups is 1. The molecule has 2 fully saturated rings. The molecule has 1 amide bonds. The summed E-state index contributed by atoms with van der Waals surface area (Å²) in [5.74, 6) is 0.981. The van der Waals surface area contributed by atoms with E-state index in [1.54, 1.807) is 6.20 Å². The maximum absolute atomic E-state index is 12.5. The summed E-state index contributed by atoms with van der Waals surface area (Å²) in [6, 6.07) is 4.08. The lowest BCUT2D eigenvalue weighted by Crippen LogP contribution is -2.50. The van der Waals surface area contributed by atoms with Crippen molar-refractivity contribution in [2.24, 2.45) is 11.8 Å². The predicted octanol–water partition coefficient (Wildman–Crippen LogP) is 0.581. The van der Waals surface area contributed by atoms with Gasteiger partial charge in [0.05, 0.1) is 5.92 Å². The van der Waals surface area contributed by atoms with Crippen LogP contribution in [-0.2, 0) is 11.3 Å². The number of aromatic nitrogens is 1. The molecule has 5 heteroatoms. The quantitative estimate of drug-likeness (QED) is 0.884. The molecule has 0 spiro atoms. The minimum absolute atomic E-state index is 0.176. The van der Waals surface area contributed by atoms with Gasteiger partial charge >= 0.3 is 0 Å². The molecule has 1 aromatic heterocycles. The molecule has 0 aromatic carbocycles. The normalized spacial score (nSPS) is 27.0. The maximum atomic E-state index is 12.5. The third kappa shape index (κ3) is 3.41. The molecule has 114 valence electrons. The summed E-state index contributed by atoms with van der Waals surface area (Å²) in [6.07, 6.45) is 3.72. The zero-order valence-electron chi connectivity index (χ0n) is 12.7. The van der Waals surface area contributed by atoms with Crippen LogP contribution in [0.2, 0.25) is 0 Å². The van der Waals surface area contributed by atoms with Gasteiger partial charge in [0, 0.05) is 51.7 Å². The first-order chi connectivity index (χ1) is 10.2. The second-order valence-corrected chi connectivity index (χ2v) is 6.20. The van der Waals surface area contributed by atoms with Gasteiger partial charge in [0.15, 0.2) is 0 Å². The standard InChI is InChI=1S/C16H24N4O/c1-13-9-18-11-15(13)16(21)20-7-5-19(6-8-20)12-14-3-2-4-17-10-14/h2-4,10,13,15,18H,5-9,11-12H2,1H3/t13-,15-/m1/s1. The van der Waals surface area contributed by atoms with Crippen molar-refractivity contribution in [2.45, 2.75) is 13.5 Å². The fourth-order valence-corrected chi connectivity index (χ4v) is 3.25. The molecule has 3 rings (SSSR count). The highest BCUT2D eigenvalue weighted by atomic mass is 16.2. The summed E-state index contributed by atoms with van der Waals surface area (Å²) < 4.78 is 0. The van der Waals surface area contributed by atoms with E-state index in [0.29, 0.717) is 11.8 Å². The molecule has 0 saturated carbocycles. The Morgan fingerprint density at radius 1 is 1.33 bits per heavy atom. The molecule has 2 atom stereocenters. The van der Waals surface area contributed by atoms with E-state index in [0.717, 1.165) is 45.8 Å². The Morgan fingerprint density at radius 3 is 2.76 bits per heavy atom. The number of hydrogen-bond donors (Lipinski definition) is 1. The molecule has 0 unspecified atom stereocenters. The maximum Gasteiger partial charge on any atom is 0.227 e. The van der Waals surface area contributed by atoms with Gasteiger partial charge < -0.3 is 10.2 Å². The minimum Gasteiger partial charge on any atom is -0.340 e. The van der Waals surface area contributed by atoms with Crippen molar-refractivity contribution in [3.63, 3.8) is 0 Å². The van der Waals surface area contributed by atoms with E-state index in [9.17, 15) is 4.79 Å². The van der Waals surface area contributed by atoms with Crippen LogP contribution < -0.4 is 5.32 Å². The van der Waals surface area contributed by atoms with Crippen molar-refractivity contribution in [3.05, 3.63) is 30.1 Å². The van der Waals surface area contributed by atoms with Crippen molar-refractivity contribution in [2.75, 3.05) is 39.3 Å². The van der Waals surface area contributed by atoms with Crippen LogP contribution in [0.1, 0.15) is 12.5 Å². The summed E-state index contributed by atoms with van der Waals surface area (Å²) >= 11 is 0. The van der Waals surface area contributed by atoms with Gasteiger partial charge in [0.1, 0.15) is 0 Å². The predicted molar refractivity (Wildman–Crippen MR) is 81.6 cm³/mol. The summed E-state index contributed by atoms with van der Waals surface area (Å²) in [4.78, 5) is 21.1. The Hall–Kier alpha value is -1.46. The van der Waals surface area contributed by atoms with Crippen LogP contribution in [0, 0.1) is 11.8 Å². The minimum atomic E-state index is 0.176. The molecule has 0 bridgehead atoms. The zero-order chi connectivity index (χ0) is 14.7. The van der Waals surface area contributed by atoms with Crippen molar-refractivity contribution >= 4 is 5.91 Å². The lowest BCUT2D eigenvalue weighted by molar-refractivity contribution is -0.137. The molecular weight excluding hydrogens is 264 g/mol. The molecule has 2 aliphatic rings. The average molecular weight is 288 g/mol. The second kappa shape index (κ2) is 6.54. The van der Waals surface area contributed by atoms with Gasteiger partial charge in [-0.2, -0.15) is 0 Å². The molecule has 0 aliphatic carbocycles. The van der Waals surface area contributed by atoms with Crippen LogP contribution in [-0.4, -0.2) is 60.0 Å². The lowest BCUT2D eigenvalue weighted by atomic mass is 9.96. The Balaban J connectivity index is 1.50. The number of nitrogens with one attached hydrogen (secondary N) is 1. The van der Waals surface area contributed by atoms with Crippen LogP contribution in [0.5, 0.6) is 0 Å². The van der Waals surface area contributed by atoms with Crippen molar-refractivity contribution in [3.8, 4) is 0 Å². The van der Waals surface area contributed by atoms with Crippen LogP contribution in [0.3, 0.4) is 0 Å². The molecule has 3 heterocycles. The Labute approximate surface area is 126 Å². The molecular formula is C16H24N4O. The van der Waals surface area contributed by atoms with Gasteiger partial charge in [-0.15, -0.1) is 0 Å². The summed E-state index contributed by atoms with van der Waals surface area (Å²) in [5, 5.41) is 3.32.